The molecule has 12 rings (SSSR count). The van der Waals surface area contributed by atoms with Crippen LogP contribution in [0.1, 0.15) is 0 Å². The zero-order valence-electron chi connectivity index (χ0n) is 31.0. The number of rotatable bonds is 5. The van der Waals surface area contributed by atoms with Gasteiger partial charge < -0.3 is 13.7 Å². The highest BCUT2D eigenvalue weighted by Gasteiger charge is 2.21. The van der Waals surface area contributed by atoms with Crippen LogP contribution < -0.4 is 0 Å². The van der Waals surface area contributed by atoms with Crippen LogP contribution in [0, 0.1) is 0 Å². The molecule has 3 nitrogen and oxygen atoms in total. The summed E-state index contributed by atoms with van der Waals surface area (Å²) in [5.41, 5.74) is 15.5. The number of hydrogen-bond donors (Lipinski definition) is 0. The third-order valence-electron chi connectivity index (χ3n) is 11.8. The van der Waals surface area contributed by atoms with Gasteiger partial charge in [0, 0.05) is 49.4 Å². The van der Waals surface area contributed by atoms with Crippen LogP contribution in [0.3, 0.4) is 0 Å². The summed E-state index contributed by atoms with van der Waals surface area (Å²) in [7, 11) is 0. The molecule has 0 saturated heterocycles. The van der Waals surface area contributed by atoms with E-state index < -0.39 is 0 Å². The number of hydrogen-bond acceptors (Lipinski definition) is 0. The Morgan fingerprint density at radius 1 is 0.211 bits per heavy atom. The molecule has 0 aliphatic heterocycles. The fourth-order valence-corrected chi connectivity index (χ4v) is 9.30. The van der Waals surface area contributed by atoms with Crippen LogP contribution in [0.5, 0.6) is 0 Å². The predicted molar refractivity (Wildman–Crippen MR) is 240 cm³/mol. The van der Waals surface area contributed by atoms with Crippen molar-refractivity contribution in [3.05, 3.63) is 212 Å². The third-order valence-corrected chi connectivity index (χ3v) is 11.8. The average Bonchev–Trinajstić information content (AvgIpc) is 3.93. The second kappa shape index (κ2) is 12.5. The van der Waals surface area contributed by atoms with Crippen molar-refractivity contribution < 1.29 is 0 Å². The molecule has 0 radical (unpaired) electrons. The zero-order valence-corrected chi connectivity index (χ0v) is 31.0. The third kappa shape index (κ3) is 4.79. The van der Waals surface area contributed by atoms with E-state index in [1.54, 1.807) is 0 Å². The van der Waals surface area contributed by atoms with Crippen LogP contribution in [-0.2, 0) is 0 Å². The minimum Gasteiger partial charge on any atom is -0.309 e. The number of benzene rings is 9. The first-order chi connectivity index (χ1) is 28.3. The van der Waals surface area contributed by atoms with Crippen LogP contribution >= 0.6 is 0 Å². The Kier molecular flexibility index (Phi) is 6.93. The van der Waals surface area contributed by atoms with E-state index in [-0.39, 0.29) is 0 Å². The monoisotopic (exact) mass is 725 g/mol. The molecule has 3 aromatic heterocycles. The summed E-state index contributed by atoms with van der Waals surface area (Å²) in [6.07, 6.45) is 0. The van der Waals surface area contributed by atoms with Gasteiger partial charge in [0.2, 0.25) is 0 Å². The molecule has 0 atom stereocenters. The lowest BCUT2D eigenvalue weighted by atomic mass is 10.0. The van der Waals surface area contributed by atoms with Crippen LogP contribution in [0.2, 0.25) is 0 Å². The van der Waals surface area contributed by atoms with Crippen LogP contribution in [0.4, 0.5) is 0 Å². The summed E-state index contributed by atoms with van der Waals surface area (Å²) < 4.78 is 7.32. The van der Waals surface area contributed by atoms with Gasteiger partial charge in [-0.25, -0.2) is 0 Å². The second-order valence-corrected chi connectivity index (χ2v) is 14.9. The first-order valence-corrected chi connectivity index (χ1v) is 19.6. The first kappa shape index (κ1) is 31.7. The Hall–Kier alpha value is -7.62. The molecule has 0 aliphatic carbocycles. The number of nitrogens with zero attached hydrogens (tertiary/aromatic N) is 3. The Morgan fingerprint density at radius 3 is 1.09 bits per heavy atom. The average molecular weight is 726 g/mol. The first-order valence-electron chi connectivity index (χ1n) is 19.6. The molecule has 0 unspecified atom stereocenters. The van der Waals surface area contributed by atoms with Gasteiger partial charge in [-0.3, -0.25) is 0 Å². The highest BCUT2D eigenvalue weighted by molar-refractivity contribution is 6.24. The molecular formula is C54H35N3. The van der Waals surface area contributed by atoms with Crippen LogP contribution in [-0.4, -0.2) is 13.7 Å². The summed E-state index contributed by atoms with van der Waals surface area (Å²) in [6, 6.07) is 77.4. The lowest BCUT2D eigenvalue weighted by molar-refractivity contribution is 1.15. The van der Waals surface area contributed by atoms with E-state index in [0.29, 0.717) is 0 Å². The molecule has 9 aromatic carbocycles. The van der Waals surface area contributed by atoms with Crippen LogP contribution in [0.25, 0.3) is 105 Å². The molecule has 3 heterocycles. The van der Waals surface area contributed by atoms with Crippen molar-refractivity contribution in [1.82, 2.24) is 13.7 Å². The minimum absolute atomic E-state index is 1.13. The standard InChI is InChI=1S/C54H35N3/c1-2-13-36(14-3-1)39-15-12-16-42(35-39)57-52-24-11-7-20-46(52)48-34-33-47-45-19-6-10-23-51(45)56(53(47)54(48)57)41-31-27-38(28-32-41)37-25-29-40(30-26-37)55-49-21-8-4-17-43(49)44-18-5-9-22-50(44)55/h1-35H. The van der Waals surface area contributed by atoms with Crippen molar-refractivity contribution >= 4 is 65.4 Å². The molecule has 0 fully saturated rings. The fraction of sp³-hybridized carbons (Fsp3) is 0. The fourth-order valence-electron chi connectivity index (χ4n) is 9.30. The maximum absolute atomic E-state index is 2.47. The van der Waals surface area contributed by atoms with Gasteiger partial charge in [0.1, 0.15) is 0 Å². The zero-order chi connectivity index (χ0) is 37.5. The molecule has 0 N–H and O–H groups in total. The molecule has 0 amide bonds. The van der Waals surface area contributed by atoms with Gasteiger partial charge in [0.25, 0.3) is 0 Å². The number of aromatic nitrogens is 3. The molecule has 266 valence electrons. The van der Waals surface area contributed by atoms with Crippen molar-refractivity contribution in [1.29, 1.82) is 0 Å². The quantitative estimate of drug-likeness (QED) is 0.168. The Morgan fingerprint density at radius 2 is 0.579 bits per heavy atom. The van der Waals surface area contributed by atoms with Gasteiger partial charge in [-0.1, -0.05) is 152 Å². The lowest BCUT2D eigenvalue weighted by Gasteiger charge is -2.14. The van der Waals surface area contributed by atoms with E-state index in [4.69, 9.17) is 0 Å². The lowest BCUT2D eigenvalue weighted by Crippen LogP contribution is -1.99. The summed E-state index contributed by atoms with van der Waals surface area (Å²) in [5.74, 6) is 0. The van der Waals surface area contributed by atoms with Gasteiger partial charge in [-0.2, -0.15) is 0 Å². The summed E-state index contributed by atoms with van der Waals surface area (Å²) in [4.78, 5) is 0. The Balaban J connectivity index is 1.03. The highest BCUT2D eigenvalue weighted by Crippen LogP contribution is 2.42. The maximum atomic E-state index is 2.47. The Labute approximate surface area is 329 Å². The van der Waals surface area contributed by atoms with Gasteiger partial charge in [-0.05, 0) is 82.9 Å². The molecule has 3 heteroatoms. The van der Waals surface area contributed by atoms with E-state index in [1.165, 1.54) is 87.7 Å². The molecule has 12 aromatic rings. The maximum Gasteiger partial charge on any atom is 0.0788 e. The van der Waals surface area contributed by atoms with Gasteiger partial charge in [0.05, 0.1) is 33.1 Å². The Bertz CT molecular complexity index is 3440. The normalized spacial score (nSPS) is 11.9. The van der Waals surface area contributed by atoms with Crippen molar-refractivity contribution in [2.75, 3.05) is 0 Å². The second-order valence-electron chi connectivity index (χ2n) is 14.9. The summed E-state index contributed by atoms with van der Waals surface area (Å²) in [6.45, 7) is 0. The highest BCUT2D eigenvalue weighted by atomic mass is 15.0. The van der Waals surface area contributed by atoms with Crippen molar-refractivity contribution in [3.8, 4) is 39.3 Å². The van der Waals surface area contributed by atoms with Crippen molar-refractivity contribution in [2.24, 2.45) is 0 Å². The smallest absolute Gasteiger partial charge is 0.0788 e. The van der Waals surface area contributed by atoms with Crippen molar-refractivity contribution in [2.45, 2.75) is 0 Å². The van der Waals surface area contributed by atoms with Gasteiger partial charge in [0.15, 0.2) is 0 Å². The van der Waals surface area contributed by atoms with E-state index in [0.717, 1.165) is 17.1 Å². The molecule has 57 heavy (non-hydrogen) atoms. The number of para-hydroxylation sites is 4. The van der Waals surface area contributed by atoms with Crippen molar-refractivity contribution in [3.63, 3.8) is 0 Å². The van der Waals surface area contributed by atoms with Gasteiger partial charge >= 0.3 is 0 Å². The molecule has 0 spiro atoms. The van der Waals surface area contributed by atoms with E-state index in [9.17, 15) is 0 Å². The van der Waals surface area contributed by atoms with E-state index in [2.05, 4.69) is 226 Å². The molecule has 0 aliphatic rings. The largest absolute Gasteiger partial charge is 0.309 e. The SMILES string of the molecule is c1ccc(-c2cccc(-n3c4ccccc4c4ccc5c6ccccc6n(-c6ccc(-c7ccc(-n8c9ccccc9c9ccccc98)cc7)cc6)c5c43)c2)cc1. The van der Waals surface area contributed by atoms with Crippen LogP contribution in [0.15, 0.2) is 212 Å². The molecule has 0 bridgehead atoms. The minimum atomic E-state index is 1.13. The topological polar surface area (TPSA) is 14.8 Å². The summed E-state index contributed by atoms with van der Waals surface area (Å²) >= 11 is 0. The molecule has 0 saturated carbocycles. The van der Waals surface area contributed by atoms with E-state index in [1.807, 2.05) is 0 Å². The summed E-state index contributed by atoms with van der Waals surface area (Å²) in [5, 5.41) is 7.52. The molecular weight excluding hydrogens is 691 g/mol. The van der Waals surface area contributed by atoms with E-state index >= 15 is 0 Å². The number of fused-ring (bicyclic) bond motifs is 10. The van der Waals surface area contributed by atoms with Gasteiger partial charge in [-0.15, -0.1) is 0 Å². The predicted octanol–water partition coefficient (Wildman–Crippen LogP) is 14.3.